The molecule has 7 nitrogen and oxygen atoms in total. The molecule has 3 rings (SSSR count). The van der Waals surface area contributed by atoms with Crippen molar-refractivity contribution in [1.82, 2.24) is 30.4 Å². The number of aromatic nitrogens is 4. The standard InChI is InChI=1S/C17H21ClN6O/c1-17(2,3)13-12(18)15-21-14(23-24(15)22-13)11-8-6-5-7-10(11)9-20-16(25)19-4/h5-8H,9H2,1-4H3,(H,21,23)(H2,19,20,25). The Morgan fingerprint density at radius 1 is 1.28 bits per heavy atom. The summed E-state index contributed by atoms with van der Waals surface area (Å²) in [5.41, 5.74) is 3.12. The van der Waals surface area contributed by atoms with Crippen molar-refractivity contribution in [2.45, 2.75) is 32.7 Å². The van der Waals surface area contributed by atoms with Crippen LogP contribution >= 0.6 is 11.6 Å². The zero-order chi connectivity index (χ0) is 18.2. The normalized spacial score (nSPS) is 11.7. The highest BCUT2D eigenvalue weighted by molar-refractivity contribution is 6.34. The van der Waals surface area contributed by atoms with E-state index in [-0.39, 0.29) is 11.4 Å². The van der Waals surface area contributed by atoms with Crippen LogP contribution in [0.5, 0.6) is 0 Å². The maximum absolute atomic E-state index is 11.4. The van der Waals surface area contributed by atoms with Gasteiger partial charge in [-0.15, -0.1) is 9.73 Å². The number of nitrogens with zero attached hydrogens (tertiary/aromatic N) is 3. The number of carbonyl (C=O) groups is 1. The molecular formula is C17H21ClN6O. The van der Waals surface area contributed by atoms with E-state index >= 15 is 0 Å². The molecule has 0 atom stereocenters. The largest absolute Gasteiger partial charge is 0.341 e. The van der Waals surface area contributed by atoms with Gasteiger partial charge in [-0.05, 0) is 5.56 Å². The minimum atomic E-state index is -0.234. The van der Waals surface area contributed by atoms with E-state index in [0.29, 0.717) is 23.0 Å². The van der Waals surface area contributed by atoms with Crippen LogP contribution in [-0.2, 0) is 12.0 Å². The molecule has 0 aliphatic heterocycles. The molecule has 0 fully saturated rings. The topological polar surface area (TPSA) is 87.1 Å². The molecule has 2 amide bonds. The third-order valence-corrected chi connectivity index (χ3v) is 4.25. The molecule has 0 aliphatic carbocycles. The Morgan fingerprint density at radius 2 is 2.00 bits per heavy atom. The molecule has 0 radical (unpaired) electrons. The van der Waals surface area contributed by atoms with Crippen LogP contribution in [0.25, 0.3) is 17.0 Å². The summed E-state index contributed by atoms with van der Waals surface area (Å²) in [7, 11) is 1.58. The summed E-state index contributed by atoms with van der Waals surface area (Å²) < 4.78 is 1.53. The van der Waals surface area contributed by atoms with E-state index in [1.165, 1.54) is 4.63 Å². The molecule has 1 aromatic carbocycles. The van der Waals surface area contributed by atoms with Crippen molar-refractivity contribution in [1.29, 1.82) is 0 Å². The van der Waals surface area contributed by atoms with Gasteiger partial charge in [0, 0.05) is 24.6 Å². The second kappa shape index (κ2) is 6.40. The Kier molecular flexibility index (Phi) is 4.43. The highest BCUT2D eigenvalue weighted by atomic mass is 35.5. The second-order valence-corrected chi connectivity index (χ2v) is 7.19. The Hall–Kier alpha value is -2.54. The molecule has 0 aliphatic rings. The lowest BCUT2D eigenvalue weighted by Crippen LogP contribution is -2.32. The van der Waals surface area contributed by atoms with Crippen LogP contribution in [0.4, 0.5) is 4.79 Å². The summed E-state index contributed by atoms with van der Waals surface area (Å²) >= 11 is 6.48. The smallest absolute Gasteiger partial charge is 0.314 e. The van der Waals surface area contributed by atoms with Gasteiger partial charge in [-0.2, -0.15) is 5.10 Å². The first-order valence-electron chi connectivity index (χ1n) is 8.00. The molecule has 2 heterocycles. The number of amides is 2. The monoisotopic (exact) mass is 360 g/mol. The SMILES string of the molecule is CNC(=O)NCc1ccccc1-c1nn2nc(C(C)(C)C)c(Cl)c2[nH]1. The van der Waals surface area contributed by atoms with Gasteiger partial charge < -0.3 is 15.6 Å². The molecule has 0 bridgehead atoms. The Labute approximate surface area is 150 Å². The average Bonchev–Trinajstić information content (AvgIpc) is 3.12. The predicted octanol–water partition coefficient (Wildman–Crippen LogP) is 3.10. The maximum atomic E-state index is 11.4. The van der Waals surface area contributed by atoms with Crippen LogP contribution in [0.2, 0.25) is 5.02 Å². The highest BCUT2D eigenvalue weighted by Gasteiger charge is 2.25. The number of H-pyrrole nitrogens is 1. The highest BCUT2D eigenvalue weighted by Crippen LogP contribution is 2.32. The van der Waals surface area contributed by atoms with E-state index in [2.05, 4.69) is 46.6 Å². The zero-order valence-electron chi connectivity index (χ0n) is 14.6. The fourth-order valence-electron chi connectivity index (χ4n) is 2.57. The first kappa shape index (κ1) is 17.3. The van der Waals surface area contributed by atoms with Crippen LogP contribution < -0.4 is 10.6 Å². The average molecular weight is 361 g/mol. The van der Waals surface area contributed by atoms with Gasteiger partial charge in [-0.3, -0.25) is 0 Å². The fourth-order valence-corrected chi connectivity index (χ4v) is 3.01. The third-order valence-electron chi connectivity index (χ3n) is 3.89. The van der Waals surface area contributed by atoms with Gasteiger partial charge in [-0.25, -0.2) is 4.79 Å². The van der Waals surface area contributed by atoms with E-state index in [9.17, 15) is 4.79 Å². The van der Waals surface area contributed by atoms with Gasteiger partial charge in [0.25, 0.3) is 0 Å². The first-order chi connectivity index (χ1) is 11.8. The molecule has 3 N–H and O–H groups in total. The number of hydrogen-bond acceptors (Lipinski definition) is 3. The summed E-state index contributed by atoms with van der Waals surface area (Å²) in [6, 6.07) is 7.49. The van der Waals surface area contributed by atoms with Gasteiger partial charge >= 0.3 is 6.03 Å². The number of nitrogens with one attached hydrogen (secondary N) is 3. The molecule has 8 heteroatoms. The number of rotatable bonds is 3. The van der Waals surface area contributed by atoms with Gasteiger partial charge in [0.1, 0.15) is 5.02 Å². The summed E-state index contributed by atoms with van der Waals surface area (Å²) in [4.78, 5) is 14.7. The van der Waals surface area contributed by atoms with E-state index in [1.807, 2.05) is 24.3 Å². The summed E-state index contributed by atoms with van der Waals surface area (Å²) in [5.74, 6) is 0.652. The van der Waals surface area contributed by atoms with Gasteiger partial charge in [-0.1, -0.05) is 56.6 Å². The summed E-state index contributed by atoms with van der Waals surface area (Å²) in [6.07, 6.45) is 0. The lowest BCUT2D eigenvalue weighted by molar-refractivity contribution is 0.242. The Morgan fingerprint density at radius 3 is 2.64 bits per heavy atom. The number of fused-ring (bicyclic) bond motifs is 1. The molecule has 0 unspecified atom stereocenters. The van der Waals surface area contributed by atoms with E-state index in [0.717, 1.165) is 16.8 Å². The fraction of sp³-hybridized carbons (Fsp3) is 0.353. The van der Waals surface area contributed by atoms with Gasteiger partial charge in [0.2, 0.25) is 0 Å². The minimum Gasteiger partial charge on any atom is -0.341 e. The number of aromatic amines is 1. The quantitative estimate of drug-likeness (QED) is 0.670. The Balaban J connectivity index is 1.99. The second-order valence-electron chi connectivity index (χ2n) is 6.81. The molecule has 132 valence electrons. The van der Waals surface area contributed by atoms with E-state index in [1.54, 1.807) is 7.05 Å². The number of benzene rings is 1. The van der Waals surface area contributed by atoms with Crippen LogP contribution in [0.3, 0.4) is 0 Å². The number of urea groups is 1. The first-order valence-corrected chi connectivity index (χ1v) is 8.38. The van der Waals surface area contributed by atoms with Gasteiger partial charge in [0.05, 0.1) is 5.69 Å². The number of hydrogen-bond donors (Lipinski definition) is 3. The molecule has 0 saturated heterocycles. The lowest BCUT2D eigenvalue weighted by atomic mass is 9.92. The number of carbonyl (C=O) groups excluding carboxylic acids is 1. The third kappa shape index (κ3) is 3.32. The predicted molar refractivity (Wildman–Crippen MR) is 97.8 cm³/mol. The number of halogens is 1. The van der Waals surface area contributed by atoms with Crippen LogP contribution in [0.1, 0.15) is 32.0 Å². The van der Waals surface area contributed by atoms with E-state index < -0.39 is 0 Å². The van der Waals surface area contributed by atoms with Crippen molar-refractivity contribution in [3.63, 3.8) is 0 Å². The van der Waals surface area contributed by atoms with Crippen molar-refractivity contribution < 1.29 is 4.79 Å². The van der Waals surface area contributed by atoms with Crippen LogP contribution in [-0.4, -0.2) is 32.9 Å². The molecule has 3 aromatic rings. The van der Waals surface area contributed by atoms with Crippen LogP contribution in [0.15, 0.2) is 24.3 Å². The molecule has 0 saturated carbocycles. The van der Waals surface area contributed by atoms with Crippen molar-refractivity contribution in [2.24, 2.45) is 0 Å². The lowest BCUT2D eigenvalue weighted by Gasteiger charge is -2.14. The van der Waals surface area contributed by atoms with Crippen LogP contribution in [0, 0.1) is 0 Å². The maximum Gasteiger partial charge on any atom is 0.314 e. The van der Waals surface area contributed by atoms with Gasteiger partial charge in [0.15, 0.2) is 11.5 Å². The molecular weight excluding hydrogens is 340 g/mol. The zero-order valence-corrected chi connectivity index (χ0v) is 15.4. The van der Waals surface area contributed by atoms with Crippen molar-refractivity contribution >= 4 is 23.3 Å². The summed E-state index contributed by atoms with van der Waals surface area (Å²) in [5, 5.41) is 14.9. The minimum absolute atomic E-state index is 0.166. The molecule has 2 aromatic heterocycles. The van der Waals surface area contributed by atoms with Crippen molar-refractivity contribution in [2.75, 3.05) is 7.05 Å². The molecule has 25 heavy (non-hydrogen) atoms. The van der Waals surface area contributed by atoms with Crippen molar-refractivity contribution in [3.05, 3.63) is 40.5 Å². The Bertz CT molecular complexity index is 921. The molecule has 0 spiro atoms. The van der Waals surface area contributed by atoms with E-state index in [4.69, 9.17) is 11.6 Å². The summed E-state index contributed by atoms with van der Waals surface area (Å²) in [6.45, 7) is 6.56. The van der Waals surface area contributed by atoms with Crippen molar-refractivity contribution in [3.8, 4) is 11.4 Å².